The lowest BCUT2D eigenvalue weighted by molar-refractivity contribution is 0.0636. The second-order valence-electron chi connectivity index (χ2n) is 5.75. The van der Waals surface area contributed by atoms with Gasteiger partial charge in [0, 0.05) is 23.3 Å². The summed E-state index contributed by atoms with van der Waals surface area (Å²) in [7, 11) is 1.82. The van der Waals surface area contributed by atoms with E-state index in [4.69, 9.17) is 16.3 Å². The molecule has 1 aromatic carbocycles. The number of benzene rings is 1. The van der Waals surface area contributed by atoms with Gasteiger partial charge in [-0.15, -0.1) is 0 Å². The highest BCUT2D eigenvalue weighted by molar-refractivity contribution is 9.10. The first-order valence-corrected chi connectivity index (χ1v) is 7.82. The number of carbonyl (C=O) groups is 1. The van der Waals surface area contributed by atoms with Crippen LogP contribution >= 0.6 is 27.5 Å². The molecule has 2 aromatic rings. The molecule has 0 radical (unpaired) electrons. The van der Waals surface area contributed by atoms with Gasteiger partial charge in [-0.3, -0.25) is 10.00 Å². The fourth-order valence-electron chi connectivity index (χ4n) is 1.93. The van der Waals surface area contributed by atoms with Gasteiger partial charge in [-0.05, 0) is 54.9 Å². The van der Waals surface area contributed by atoms with Crippen molar-refractivity contribution in [2.75, 3.05) is 5.32 Å². The van der Waals surface area contributed by atoms with Crippen LogP contribution in [-0.2, 0) is 11.8 Å². The van der Waals surface area contributed by atoms with E-state index in [0.29, 0.717) is 15.2 Å². The highest BCUT2D eigenvalue weighted by atomic mass is 79.9. The maximum atomic E-state index is 12.1. The van der Waals surface area contributed by atoms with Crippen molar-refractivity contribution >= 4 is 39.3 Å². The molecule has 0 unspecified atom stereocenters. The molecule has 0 fully saturated rings. The molecule has 1 heterocycles. The van der Waals surface area contributed by atoms with E-state index in [0.717, 1.165) is 11.3 Å². The van der Waals surface area contributed by atoms with Crippen LogP contribution < -0.4 is 5.32 Å². The number of aromatic nitrogens is 2. The molecule has 5 nitrogen and oxygen atoms in total. The summed E-state index contributed by atoms with van der Waals surface area (Å²) in [5, 5.41) is 7.28. The molecule has 7 heteroatoms. The van der Waals surface area contributed by atoms with E-state index in [1.807, 2.05) is 25.2 Å². The van der Waals surface area contributed by atoms with Crippen LogP contribution in [0.15, 0.2) is 28.9 Å². The van der Waals surface area contributed by atoms with E-state index in [9.17, 15) is 4.79 Å². The first kappa shape index (κ1) is 16.8. The van der Waals surface area contributed by atoms with Crippen molar-refractivity contribution in [2.24, 2.45) is 7.05 Å². The topological polar surface area (TPSA) is 56.2 Å². The molecule has 1 N–H and O–H groups in total. The molecule has 1 aromatic heterocycles. The van der Waals surface area contributed by atoms with Crippen LogP contribution in [0.3, 0.4) is 0 Å². The number of hydrogen-bond acceptors (Lipinski definition) is 3. The molecule has 0 saturated carbocycles. The van der Waals surface area contributed by atoms with E-state index >= 15 is 0 Å². The van der Waals surface area contributed by atoms with Crippen LogP contribution in [0.1, 0.15) is 20.8 Å². The van der Waals surface area contributed by atoms with Gasteiger partial charge < -0.3 is 4.74 Å². The van der Waals surface area contributed by atoms with Gasteiger partial charge in [-0.25, -0.2) is 4.79 Å². The van der Waals surface area contributed by atoms with Crippen molar-refractivity contribution in [1.82, 2.24) is 9.78 Å². The summed E-state index contributed by atoms with van der Waals surface area (Å²) in [6.07, 6.45) is 1.12. The van der Waals surface area contributed by atoms with Crippen molar-refractivity contribution in [3.63, 3.8) is 0 Å². The fourth-order valence-corrected chi connectivity index (χ4v) is 2.47. The van der Waals surface area contributed by atoms with Gasteiger partial charge in [-0.2, -0.15) is 5.10 Å². The third-order valence-corrected chi connectivity index (χ3v) is 4.10. The summed E-state index contributed by atoms with van der Waals surface area (Å²) in [6, 6.07) is 5.53. The van der Waals surface area contributed by atoms with Gasteiger partial charge in [-0.1, -0.05) is 11.6 Å². The van der Waals surface area contributed by atoms with Crippen molar-refractivity contribution in [3.05, 3.63) is 33.9 Å². The van der Waals surface area contributed by atoms with Gasteiger partial charge in [0.25, 0.3) is 0 Å². The number of nitrogens with zero attached hydrogens (tertiary/aromatic N) is 2. The zero-order chi connectivity index (χ0) is 16.5. The lowest BCUT2D eigenvalue weighted by Gasteiger charge is -2.21. The Labute approximate surface area is 142 Å². The van der Waals surface area contributed by atoms with Gasteiger partial charge in [0.1, 0.15) is 5.60 Å². The third-order valence-electron chi connectivity index (χ3n) is 2.82. The molecule has 118 valence electrons. The Hall–Kier alpha value is -1.53. The first-order chi connectivity index (χ1) is 10.2. The number of anilines is 1. The Morgan fingerprint density at radius 3 is 2.59 bits per heavy atom. The Morgan fingerprint density at radius 1 is 1.36 bits per heavy atom. The molecular weight excluding hydrogens is 370 g/mol. The second-order valence-corrected chi connectivity index (χ2v) is 6.98. The van der Waals surface area contributed by atoms with Crippen molar-refractivity contribution < 1.29 is 9.53 Å². The molecular formula is C15H17BrClN3O2. The number of aryl methyl sites for hydroxylation is 1. The number of amides is 1. The Bertz CT molecular complexity index is 707. The van der Waals surface area contributed by atoms with Crippen molar-refractivity contribution in [3.8, 4) is 11.3 Å². The number of hydrogen-bond donors (Lipinski definition) is 1. The van der Waals surface area contributed by atoms with Crippen LogP contribution in [0.2, 0.25) is 5.02 Å². The Balaban J connectivity index is 2.43. The highest BCUT2D eigenvalue weighted by Gasteiger charge is 2.21. The largest absolute Gasteiger partial charge is 0.444 e. The zero-order valence-corrected chi connectivity index (χ0v) is 15.1. The molecule has 0 saturated heterocycles. The predicted molar refractivity (Wildman–Crippen MR) is 91.2 cm³/mol. The van der Waals surface area contributed by atoms with E-state index in [-0.39, 0.29) is 0 Å². The van der Waals surface area contributed by atoms with E-state index in [1.165, 1.54) is 0 Å². The zero-order valence-electron chi connectivity index (χ0n) is 12.8. The number of nitrogens with one attached hydrogen (secondary N) is 1. The summed E-state index contributed by atoms with van der Waals surface area (Å²) in [4.78, 5) is 12.1. The maximum Gasteiger partial charge on any atom is 0.412 e. The van der Waals surface area contributed by atoms with Crippen LogP contribution in [-0.4, -0.2) is 21.5 Å². The third kappa shape index (κ3) is 3.81. The molecule has 0 spiro atoms. The molecule has 1 amide bonds. The second kappa shape index (κ2) is 6.30. The van der Waals surface area contributed by atoms with Crippen LogP contribution in [0, 0.1) is 0 Å². The lowest BCUT2D eigenvalue weighted by atomic mass is 10.1. The molecule has 0 aliphatic rings. The summed E-state index contributed by atoms with van der Waals surface area (Å²) in [6.45, 7) is 5.41. The molecule has 22 heavy (non-hydrogen) atoms. The van der Waals surface area contributed by atoms with E-state index < -0.39 is 11.7 Å². The van der Waals surface area contributed by atoms with Crippen LogP contribution in [0.25, 0.3) is 11.3 Å². The monoisotopic (exact) mass is 385 g/mol. The summed E-state index contributed by atoms with van der Waals surface area (Å²) in [5.74, 6) is 0. The van der Waals surface area contributed by atoms with Gasteiger partial charge in [0.15, 0.2) is 0 Å². The first-order valence-electron chi connectivity index (χ1n) is 6.65. The van der Waals surface area contributed by atoms with Crippen molar-refractivity contribution in [2.45, 2.75) is 26.4 Å². The summed E-state index contributed by atoms with van der Waals surface area (Å²) >= 11 is 9.70. The molecule has 2 rings (SSSR count). The van der Waals surface area contributed by atoms with Gasteiger partial charge in [0.2, 0.25) is 0 Å². The normalized spacial score (nSPS) is 11.4. The summed E-state index contributed by atoms with van der Waals surface area (Å²) < 4.78 is 7.69. The quantitative estimate of drug-likeness (QED) is 0.802. The van der Waals surface area contributed by atoms with Gasteiger partial charge >= 0.3 is 6.09 Å². The van der Waals surface area contributed by atoms with E-state index in [1.54, 1.807) is 31.6 Å². The number of halogens is 2. The summed E-state index contributed by atoms with van der Waals surface area (Å²) in [5.41, 5.74) is 1.49. The van der Waals surface area contributed by atoms with E-state index in [2.05, 4.69) is 26.3 Å². The highest BCUT2D eigenvalue weighted by Crippen LogP contribution is 2.38. The van der Waals surface area contributed by atoms with Crippen molar-refractivity contribution in [1.29, 1.82) is 0 Å². The molecule has 0 aliphatic heterocycles. The van der Waals surface area contributed by atoms with Gasteiger partial charge in [0.05, 0.1) is 16.4 Å². The Kier molecular flexibility index (Phi) is 4.82. The minimum absolute atomic E-state index is 0.407. The van der Waals surface area contributed by atoms with Crippen LogP contribution in [0.4, 0.5) is 10.5 Å². The molecule has 0 bridgehead atoms. The lowest BCUT2D eigenvalue weighted by Crippen LogP contribution is -2.27. The maximum absolute atomic E-state index is 12.1. The minimum Gasteiger partial charge on any atom is -0.444 e. The van der Waals surface area contributed by atoms with Crippen LogP contribution in [0.5, 0.6) is 0 Å². The fraction of sp³-hybridized carbons (Fsp3) is 0.333. The number of ether oxygens (including phenoxy) is 1. The Morgan fingerprint density at radius 2 is 2.05 bits per heavy atom. The number of rotatable bonds is 2. The predicted octanol–water partition coefficient (Wildman–Crippen LogP) is 4.85. The average Bonchev–Trinajstić information content (AvgIpc) is 2.79. The number of carbonyl (C=O) groups excluding carboxylic acids is 1. The SMILES string of the molecule is Cn1nccc1-c1ccc(Br)c(Cl)c1NC(=O)OC(C)(C)C. The average molecular weight is 387 g/mol. The minimum atomic E-state index is -0.588. The molecule has 0 atom stereocenters. The smallest absolute Gasteiger partial charge is 0.412 e. The molecule has 0 aliphatic carbocycles. The standard InChI is InChI=1S/C15H17BrClN3O2/c1-15(2,3)22-14(21)19-13-9(5-6-10(16)12(13)17)11-7-8-18-20(11)4/h5-8H,1-4H3,(H,19,21).